The van der Waals surface area contributed by atoms with Crippen LogP contribution in [0.2, 0.25) is 0 Å². The van der Waals surface area contributed by atoms with Crippen molar-refractivity contribution in [2.45, 2.75) is 30.9 Å². The summed E-state index contributed by atoms with van der Waals surface area (Å²) in [4.78, 5) is 14.5. The maximum absolute atomic E-state index is 12.3. The van der Waals surface area contributed by atoms with Gasteiger partial charge in [-0.3, -0.25) is 0 Å². The summed E-state index contributed by atoms with van der Waals surface area (Å²) in [5, 5.41) is 8.92. The predicted octanol–water partition coefficient (Wildman–Crippen LogP) is 1.65. The van der Waals surface area contributed by atoms with E-state index in [9.17, 15) is 13.2 Å². The van der Waals surface area contributed by atoms with Gasteiger partial charge < -0.3 is 5.11 Å². The van der Waals surface area contributed by atoms with Gasteiger partial charge in [-0.25, -0.2) is 18.2 Å². The zero-order valence-corrected chi connectivity index (χ0v) is 11.9. The van der Waals surface area contributed by atoms with Crippen LogP contribution in [0.15, 0.2) is 9.72 Å². The molecule has 6 nitrogen and oxygen atoms in total. The third-order valence-corrected chi connectivity index (χ3v) is 5.50. The fourth-order valence-corrected chi connectivity index (χ4v) is 4.43. The Labute approximate surface area is 110 Å². The summed E-state index contributed by atoms with van der Waals surface area (Å²) in [6.07, 6.45) is 1.36. The molecule has 0 aliphatic carbocycles. The summed E-state index contributed by atoms with van der Waals surface area (Å²) >= 11 is 0.843. The maximum atomic E-state index is 12.3. The number of rotatable bonds is 7. The maximum Gasteiger partial charge on any atom is 0.356 e. The number of carboxylic acids is 1. The Morgan fingerprint density at radius 3 is 2.39 bits per heavy atom. The first kappa shape index (κ1) is 15.1. The average molecular weight is 292 g/mol. The molecule has 1 aromatic rings. The van der Waals surface area contributed by atoms with E-state index in [-0.39, 0.29) is 4.21 Å². The average Bonchev–Trinajstić information content (AvgIpc) is 2.78. The molecule has 0 fully saturated rings. The topological polar surface area (TPSA) is 87.6 Å². The van der Waals surface area contributed by atoms with Crippen LogP contribution < -0.4 is 0 Å². The molecule has 0 aromatic carbocycles. The van der Waals surface area contributed by atoms with Gasteiger partial charge in [-0.05, 0) is 12.8 Å². The molecule has 18 heavy (non-hydrogen) atoms. The van der Waals surface area contributed by atoms with E-state index >= 15 is 0 Å². The molecule has 0 spiro atoms. The lowest BCUT2D eigenvalue weighted by Crippen LogP contribution is -2.33. The van der Waals surface area contributed by atoms with E-state index in [1.807, 2.05) is 13.8 Å². The molecule has 0 saturated carbocycles. The molecule has 1 heterocycles. The molecule has 1 rings (SSSR count). The molecule has 1 aromatic heterocycles. The van der Waals surface area contributed by atoms with Crippen LogP contribution in [-0.2, 0) is 10.0 Å². The van der Waals surface area contributed by atoms with Crippen LogP contribution in [-0.4, -0.2) is 41.9 Å². The minimum absolute atomic E-state index is 0.183. The van der Waals surface area contributed by atoms with Crippen molar-refractivity contribution >= 4 is 27.3 Å². The van der Waals surface area contributed by atoms with Gasteiger partial charge in [0.25, 0.3) is 10.0 Å². The number of carboxylic acid groups (broad SMARTS) is 1. The van der Waals surface area contributed by atoms with Gasteiger partial charge in [0.05, 0.1) is 5.51 Å². The first-order valence-corrected chi connectivity index (χ1v) is 7.94. The highest BCUT2D eigenvalue weighted by Crippen LogP contribution is 2.24. The molecule has 102 valence electrons. The Morgan fingerprint density at radius 1 is 1.39 bits per heavy atom. The van der Waals surface area contributed by atoms with E-state index in [4.69, 9.17) is 5.11 Å². The van der Waals surface area contributed by atoms with Crippen LogP contribution in [0.3, 0.4) is 0 Å². The van der Waals surface area contributed by atoms with E-state index in [0.29, 0.717) is 25.9 Å². The summed E-state index contributed by atoms with van der Waals surface area (Å²) in [6.45, 7) is 4.52. The lowest BCUT2D eigenvalue weighted by Gasteiger charge is -2.19. The van der Waals surface area contributed by atoms with Crippen LogP contribution in [0.5, 0.6) is 0 Å². The molecular weight excluding hydrogens is 276 g/mol. The van der Waals surface area contributed by atoms with E-state index in [2.05, 4.69) is 4.98 Å². The fourth-order valence-electron chi connectivity index (χ4n) is 1.53. The van der Waals surface area contributed by atoms with Gasteiger partial charge >= 0.3 is 5.97 Å². The second-order valence-electron chi connectivity index (χ2n) is 3.70. The Bertz CT molecular complexity index is 504. The molecule has 0 bridgehead atoms. The monoisotopic (exact) mass is 292 g/mol. The standard InChI is InChI=1S/C10H16N2O4S2/c1-3-5-12(6-4-2)18(15,16)10-8(9(13)14)11-7-17-10/h7H,3-6H2,1-2H3,(H,13,14). The smallest absolute Gasteiger partial charge is 0.356 e. The molecule has 0 aliphatic rings. The van der Waals surface area contributed by atoms with Gasteiger partial charge in [0.1, 0.15) is 0 Å². The van der Waals surface area contributed by atoms with Crippen molar-refractivity contribution in [1.29, 1.82) is 0 Å². The molecule has 1 N–H and O–H groups in total. The number of hydrogen-bond donors (Lipinski definition) is 1. The highest BCUT2D eigenvalue weighted by molar-refractivity contribution is 7.91. The number of carbonyl (C=O) groups is 1. The Kier molecular flexibility index (Phi) is 5.24. The zero-order valence-electron chi connectivity index (χ0n) is 10.3. The van der Waals surface area contributed by atoms with E-state index in [1.165, 1.54) is 9.82 Å². The largest absolute Gasteiger partial charge is 0.476 e. The number of hydrogen-bond acceptors (Lipinski definition) is 5. The normalized spacial score (nSPS) is 11.9. The molecule has 0 radical (unpaired) electrons. The quantitative estimate of drug-likeness (QED) is 0.825. The van der Waals surface area contributed by atoms with Crippen LogP contribution >= 0.6 is 11.3 Å². The predicted molar refractivity (Wildman–Crippen MR) is 68.4 cm³/mol. The fraction of sp³-hybridized carbons (Fsp3) is 0.600. The van der Waals surface area contributed by atoms with E-state index in [1.54, 1.807) is 0 Å². The number of aromatic carboxylic acids is 1. The lowest BCUT2D eigenvalue weighted by atomic mass is 10.4. The van der Waals surface area contributed by atoms with Gasteiger partial charge in [-0.1, -0.05) is 13.8 Å². The second kappa shape index (κ2) is 6.26. The minimum Gasteiger partial charge on any atom is -0.476 e. The van der Waals surface area contributed by atoms with Crippen LogP contribution in [0, 0.1) is 0 Å². The van der Waals surface area contributed by atoms with Crippen molar-refractivity contribution in [3.63, 3.8) is 0 Å². The molecule has 8 heteroatoms. The summed E-state index contributed by atoms with van der Waals surface area (Å²) in [6, 6.07) is 0. The summed E-state index contributed by atoms with van der Waals surface area (Å²) in [5.41, 5.74) is 0.851. The first-order valence-electron chi connectivity index (χ1n) is 5.62. The number of thiazole rings is 1. The van der Waals surface area contributed by atoms with Crippen molar-refractivity contribution in [2.75, 3.05) is 13.1 Å². The van der Waals surface area contributed by atoms with Crippen molar-refractivity contribution < 1.29 is 18.3 Å². The second-order valence-corrected chi connectivity index (χ2v) is 6.69. The van der Waals surface area contributed by atoms with Gasteiger partial charge in [0.2, 0.25) is 0 Å². The number of aromatic nitrogens is 1. The Morgan fingerprint density at radius 2 is 1.94 bits per heavy atom. The molecule has 0 atom stereocenters. The van der Waals surface area contributed by atoms with E-state index < -0.39 is 21.7 Å². The molecule has 0 saturated heterocycles. The van der Waals surface area contributed by atoms with Gasteiger partial charge in [-0.2, -0.15) is 4.31 Å². The summed E-state index contributed by atoms with van der Waals surface area (Å²) < 4.78 is 25.8. The van der Waals surface area contributed by atoms with Crippen molar-refractivity contribution in [3.8, 4) is 0 Å². The van der Waals surface area contributed by atoms with E-state index in [0.717, 1.165) is 11.3 Å². The minimum atomic E-state index is -3.75. The molecular formula is C10H16N2O4S2. The van der Waals surface area contributed by atoms with Crippen LogP contribution in [0.4, 0.5) is 0 Å². The zero-order chi connectivity index (χ0) is 13.8. The summed E-state index contributed by atoms with van der Waals surface area (Å²) in [7, 11) is -3.75. The number of nitrogens with zero attached hydrogens (tertiary/aromatic N) is 2. The molecule has 0 unspecified atom stereocenters. The third-order valence-electron chi connectivity index (χ3n) is 2.26. The Balaban J connectivity index is 3.18. The SMILES string of the molecule is CCCN(CCC)S(=O)(=O)c1scnc1C(=O)O. The summed E-state index contributed by atoms with van der Waals surface area (Å²) in [5.74, 6) is -1.32. The van der Waals surface area contributed by atoms with Gasteiger partial charge in [-0.15, -0.1) is 11.3 Å². The highest BCUT2D eigenvalue weighted by atomic mass is 32.2. The third kappa shape index (κ3) is 3.06. The van der Waals surface area contributed by atoms with Crippen LogP contribution in [0.1, 0.15) is 37.2 Å². The molecule has 0 aliphatic heterocycles. The highest BCUT2D eigenvalue weighted by Gasteiger charge is 2.30. The van der Waals surface area contributed by atoms with Crippen LogP contribution in [0.25, 0.3) is 0 Å². The van der Waals surface area contributed by atoms with Crippen molar-refractivity contribution in [1.82, 2.24) is 9.29 Å². The first-order chi connectivity index (χ1) is 8.45. The lowest BCUT2D eigenvalue weighted by molar-refractivity contribution is 0.0687. The van der Waals surface area contributed by atoms with Gasteiger partial charge in [0.15, 0.2) is 9.90 Å². The van der Waals surface area contributed by atoms with Crippen molar-refractivity contribution in [3.05, 3.63) is 11.2 Å². The van der Waals surface area contributed by atoms with Crippen molar-refractivity contribution in [2.24, 2.45) is 0 Å². The van der Waals surface area contributed by atoms with Gasteiger partial charge in [0, 0.05) is 13.1 Å². The Hall–Kier alpha value is -0.990. The molecule has 0 amide bonds. The number of sulfonamides is 1.